The van der Waals surface area contributed by atoms with Crippen LogP contribution in [0.2, 0.25) is 0 Å². The topological polar surface area (TPSA) is 98.7 Å². The van der Waals surface area contributed by atoms with E-state index in [0.717, 1.165) is 5.56 Å². The highest BCUT2D eigenvalue weighted by atomic mass is 16.4. The van der Waals surface area contributed by atoms with Gasteiger partial charge in [0, 0.05) is 5.57 Å². The second-order valence-electron chi connectivity index (χ2n) is 5.08. The van der Waals surface area contributed by atoms with Crippen LogP contribution >= 0.6 is 0 Å². The van der Waals surface area contributed by atoms with Crippen LogP contribution in [0.3, 0.4) is 0 Å². The molecule has 23 heavy (non-hydrogen) atoms. The molecule has 6 heteroatoms. The first-order valence-electron chi connectivity index (χ1n) is 6.95. The molecule has 3 rings (SSSR count). The molecule has 1 aliphatic heterocycles. The largest absolute Gasteiger partial charge is 0.508 e. The maximum Gasteiger partial charge on any atom is 0.352 e. The number of carbonyl (C=O) groups is 2. The lowest BCUT2D eigenvalue weighted by molar-refractivity contribution is -0.133. The summed E-state index contributed by atoms with van der Waals surface area (Å²) in [6.45, 7) is 0. The van der Waals surface area contributed by atoms with Gasteiger partial charge in [0.25, 0.3) is 0 Å². The van der Waals surface area contributed by atoms with E-state index in [2.05, 4.69) is 10.6 Å². The van der Waals surface area contributed by atoms with E-state index in [1.807, 2.05) is 30.3 Å². The quantitative estimate of drug-likeness (QED) is 0.698. The Morgan fingerprint density at radius 1 is 1.00 bits per heavy atom. The van der Waals surface area contributed by atoms with Gasteiger partial charge in [-0.05, 0) is 23.3 Å². The van der Waals surface area contributed by atoms with Crippen LogP contribution in [0.25, 0.3) is 5.57 Å². The molecule has 0 saturated carbocycles. The van der Waals surface area contributed by atoms with Crippen molar-refractivity contribution in [2.24, 2.45) is 0 Å². The Morgan fingerprint density at radius 3 is 2.26 bits per heavy atom. The van der Waals surface area contributed by atoms with Crippen LogP contribution in [0.1, 0.15) is 17.2 Å². The number of hydrogen-bond donors (Lipinski definition) is 4. The molecule has 1 aliphatic rings. The molecule has 0 aliphatic carbocycles. The number of benzene rings is 2. The SMILES string of the molecule is O=C1NC(C(=O)O)=C(c2ccc(O)cc2)C(c2ccccc2)N1. The average Bonchev–Trinajstić information content (AvgIpc) is 2.56. The first kappa shape index (κ1) is 14.6. The third-order valence-electron chi connectivity index (χ3n) is 3.60. The zero-order chi connectivity index (χ0) is 16.4. The third kappa shape index (κ3) is 2.87. The Balaban J connectivity index is 2.20. The number of rotatable bonds is 3. The van der Waals surface area contributed by atoms with Crippen LogP contribution in [0.5, 0.6) is 5.75 Å². The van der Waals surface area contributed by atoms with Crippen LogP contribution in [-0.4, -0.2) is 22.2 Å². The Kier molecular flexibility index (Phi) is 3.72. The van der Waals surface area contributed by atoms with Gasteiger partial charge < -0.3 is 20.8 Å². The molecule has 0 saturated heterocycles. The highest BCUT2D eigenvalue weighted by Gasteiger charge is 2.32. The second-order valence-corrected chi connectivity index (χ2v) is 5.08. The van der Waals surface area contributed by atoms with Crippen LogP contribution in [0.15, 0.2) is 60.3 Å². The summed E-state index contributed by atoms with van der Waals surface area (Å²) in [6.07, 6.45) is 0. The lowest BCUT2D eigenvalue weighted by Crippen LogP contribution is -2.45. The molecule has 2 aromatic carbocycles. The van der Waals surface area contributed by atoms with Gasteiger partial charge in [-0.15, -0.1) is 0 Å². The summed E-state index contributed by atoms with van der Waals surface area (Å²) in [4.78, 5) is 23.4. The molecule has 1 unspecified atom stereocenters. The fourth-order valence-corrected chi connectivity index (χ4v) is 2.58. The van der Waals surface area contributed by atoms with Crippen molar-refractivity contribution in [2.75, 3.05) is 0 Å². The molecule has 0 fully saturated rings. The Hall–Kier alpha value is -3.28. The minimum Gasteiger partial charge on any atom is -0.508 e. The second kappa shape index (κ2) is 5.84. The molecule has 0 aromatic heterocycles. The summed E-state index contributed by atoms with van der Waals surface area (Å²) in [5.41, 5.74) is 1.63. The van der Waals surface area contributed by atoms with E-state index in [4.69, 9.17) is 0 Å². The molecule has 0 spiro atoms. The summed E-state index contributed by atoms with van der Waals surface area (Å²) in [5, 5.41) is 24.0. The number of carboxylic acid groups (broad SMARTS) is 1. The molecule has 6 nitrogen and oxygen atoms in total. The van der Waals surface area contributed by atoms with E-state index in [1.165, 1.54) is 12.1 Å². The van der Waals surface area contributed by atoms with Crippen molar-refractivity contribution >= 4 is 17.6 Å². The first-order valence-corrected chi connectivity index (χ1v) is 6.95. The summed E-state index contributed by atoms with van der Waals surface area (Å²) >= 11 is 0. The van der Waals surface area contributed by atoms with Crippen molar-refractivity contribution in [1.82, 2.24) is 10.6 Å². The van der Waals surface area contributed by atoms with E-state index in [0.29, 0.717) is 11.1 Å². The highest BCUT2D eigenvalue weighted by molar-refractivity contribution is 6.03. The van der Waals surface area contributed by atoms with E-state index >= 15 is 0 Å². The fourth-order valence-electron chi connectivity index (χ4n) is 2.58. The van der Waals surface area contributed by atoms with Gasteiger partial charge in [0.2, 0.25) is 0 Å². The van der Waals surface area contributed by atoms with Crippen LogP contribution in [0, 0.1) is 0 Å². The van der Waals surface area contributed by atoms with Crippen molar-refractivity contribution < 1.29 is 19.8 Å². The molecule has 1 heterocycles. The van der Waals surface area contributed by atoms with Gasteiger partial charge in [-0.3, -0.25) is 0 Å². The lowest BCUT2D eigenvalue weighted by Gasteiger charge is -2.29. The molecule has 0 bridgehead atoms. The van der Waals surface area contributed by atoms with Crippen molar-refractivity contribution in [3.63, 3.8) is 0 Å². The van der Waals surface area contributed by atoms with E-state index in [1.54, 1.807) is 12.1 Å². The number of phenols is 1. The molecule has 2 amide bonds. The van der Waals surface area contributed by atoms with Crippen LogP contribution in [-0.2, 0) is 4.79 Å². The Bertz CT molecular complexity index is 782. The van der Waals surface area contributed by atoms with Gasteiger partial charge in [0.05, 0.1) is 6.04 Å². The minimum atomic E-state index is -1.22. The average molecular weight is 310 g/mol. The van der Waals surface area contributed by atoms with Crippen molar-refractivity contribution in [2.45, 2.75) is 6.04 Å². The summed E-state index contributed by atoms with van der Waals surface area (Å²) < 4.78 is 0. The van der Waals surface area contributed by atoms with Gasteiger partial charge in [0.15, 0.2) is 0 Å². The maximum atomic E-state index is 11.8. The third-order valence-corrected chi connectivity index (χ3v) is 3.60. The lowest BCUT2D eigenvalue weighted by atomic mass is 9.90. The zero-order valence-electron chi connectivity index (χ0n) is 12.0. The number of carboxylic acids is 1. The molecule has 116 valence electrons. The number of urea groups is 1. The zero-order valence-corrected chi connectivity index (χ0v) is 12.0. The van der Waals surface area contributed by atoms with E-state index in [-0.39, 0.29) is 11.4 Å². The normalized spacial score (nSPS) is 17.4. The van der Waals surface area contributed by atoms with Crippen molar-refractivity contribution in [3.8, 4) is 5.75 Å². The smallest absolute Gasteiger partial charge is 0.352 e. The predicted octanol–water partition coefficient (Wildman–Crippen LogP) is 2.24. The summed E-state index contributed by atoms with van der Waals surface area (Å²) in [6, 6.07) is 14.1. The molecule has 1 atom stereocenters. The van der Waals surface area contributed by atoms with Crippen molar-refractivity contribution in [3.05, 3.63) is 71.4 Å². The maximum absolute atomic E-state index is 11.8. The monoisotopic (exact) mass is 310 g/mol. The van der Waals surface area contributed by atoms with E-state index < -0.39 is 18.0 Å². The van der Waals surface area contributed by atoms with E-state index in [9.17, 15) is 19.8 Å². The minimum absolute atomic E-state index is 0.0790. The number of amides is 2. The molecular weight excluding hydrogens is 296 g/mol. The van der Waals surface area contributed by atoms with Gasteiger partial charge in [-0.2, -0.15) is 0 Å². The standard InChI is InChI=1S/C17H14N2O4/c20-12-8-6-10(7-9-12)13-14(11-4-2-1-3-5-11)18-17(23)19-15(13)16(21)22/h1-9,14,20H,(H,21,22)(H2,18,19,23). The molecule has 0 radical (unpaired) electrons. The van der Waals surface area contributed by atoms with Crippen LogP contribution < -0.4 is 10.6 Å². The fraction of sp³-hybridized carbons (Fsp3) is 0.0588. The van der Waals surface area contributed by atoms with Gasteiger partial charge in [-0.25, -0.2) is 9.59 Å². The Morgan fingerprint density at radius 2 is 1.65 bits per heavy atom. The Labute approximate surface area is 132 Å². The number of phenolic OH excluding ortho intramolecular Hbond substituents is 1. The molecule has 2 aromatic rings. The van der Waals surface area contributed by atoms with Crippen LogP contribution in [0.4, 0.5) is 4.79 Å². The number of nitrogens with one attached hydrogen (secondary N) is 2. The molecule has 4 N–H and O–H groups in total. The predicted molar refractivity (Wildman–Crippen MR) is 83.5 cm³/mol. The summed E-state index contributed by atoms with van der Waals surface area (Å²) in [5.74, 6) is -1.14. The number of aromatic hydroxyl groups is 1. The van der Waals surface area contributed by atoms with Gasteiger partial charge in [0.1, 0.15) is 11.4 Å². The highest BCUT2D eigenvalue weighted by Crippen LogP contribution is 2.34. The van der Waals surface area contributed by atoms with Crippen molar-refractivity contribution in [1.29, 1.82) is 0 Å². The molecular formula is C17H14N2O4. The summed E-state index contributed by atoms with van der Waals surface area (Å²) in [7, 11) is 0. The first-order chi connectivity index (χ1) is 11.1. The van der Waals surface area contributed by atoms with Gasteiger partial charge >= 0.3 is 12.0 Å². The number of carbonyl (C=O) groups excluding carboxylic acids is 1. The van der Waals surface area contributed by atoms with Gasteiger partial charge in [-0.1, -0.05) is 42.5 Å². The number of hydrogen-bond acceptors (Lipinski definition) is 3. The number of aliphatic carboxylic acids is 1.